The fraction of sp³-hybridized carbons (Fsp3) is 0.0526. The van der Waals surface area contributed by atoms with Gasteiger partial charge in [-0.3, -0.25) is 9.38 Å². The lowest BCUT2D eigenvalue weighted by Gasteiger charge is -2.05. The molecule has 0 saturated carbocycles. The highest BCUT2D eigenvalue weighted by Crippen LogP contribution is 2.26. The zero-order valence-electron chi connectivity index (χ0n) is 13.5. The zero-order chi connectivity index (χ0) is 16.8. The summed E-state index contributed by atoms with van der Waals surface area (Å²) in [5, 5.41) is 9.76. The van der Waals surface area contributed by atoms with E-state index in [1.54, 1.807) is 12.5 Å². The first-order valence-electron chi connectivity index (χ1n) is 7.97. The predicted octanol–water partition coefficient (Wildman–Crippen LogP) is 3.35. The molecule has 5 rings (SSSR count). The van der Waals surface area contributed by atoms with Crippen LogP contribution in [0, 0.1) is 0 Å². The van der Waals surface area contributed by atoms with E-state index < -0.39 is 0 Å². The van der Waals surface area contributed by atoms with Gasteiger partial charge in [-0.25, -0.2) is 4.98 Å². The van der Waals surface area contributed by atoms with Crippen LogP contribution in [0.3, 0.4) is 0 Å². The minimum absolute atomic E-state index is 0.766. The maximum atomic E-state index is 4.60. The topological polar surface area (TPSA) is 60.9 Å². The molecule has 0 N–H and O–H groups in total. The second-order valence-corrected chi connectivity index (χ2v) is 5.95. The third kappa shape index (κ3) is 2.11. The number of rotatable bonds is 2. The van der Waals surface area contributed by atoms with Crippen molar-refractivity contribution in [2.24, 2.45) is 7.05 Å². The van der Waals surface area contributed by atoms with Gasteiger partial charge in [0.15, 0.2) is 11.5 Å². The Balaban J connectivity index is 1.77. The first-order valence-corrected chi connectivity index (χ1v) is 7.97. The normalized spacial score (nSPS) is 11.4. The van der Waals surface area contributed by atoms with Crippen LogP contribution in [-0.4, -0.2) is 29.1 Å². The van der Waals surface area contributed by atoms with Gasteiger partial charge < -0.3 is 4.57 Å². The van der Waals surface area contributed by atoms with Crippen LogP contribution >= 0.6 is 0 Å². The van der Waals surface area contributed by atoms with Gasteiger partial charge in [0.05, 0.1) is 18.0 Å². The number of fused-ring (bicyclic) bond motifs is 3. The second kappa shape index (κ2) is 5.24. The van der Waals surface area contributed by atoms with Crippen LogP contribution in [0.1, 0.15) is 0 Å². The van der Waals surface area contributed by atoms with Crippen LogP contribution in [0.4, 0.5) is 0 Å². The van der Waals surface area contributed by atoms with Gasteiger partial charge in [-0.2, -0.15) is 0 Å². The molecule has 0 atom stereocenters. The maximum absolute atomic E-state index is 4.60. The van der Waals surface area contributed by atoms with Gasteiger partial charge in [-0.15, -0.1) is 10.2 Å². The molecule has 25 heavy (non-hydrogen) atoms. The fourth-order valence-electron chi connectivity index (χ4n) is 3.08. The van der Waals surface area contributed by atoms with Crippen LogP contribution in [0.5, 0.6) is 0 Å². The minimum Gasteiger partial charge on any atom is -0.331 e. The third-order valence-corrected chi connectivity index (χ3v) is 4.39. The molecule has 0 fully saturated rings. The van der Waals surface area contributed by atoms with Crippen molar-refractivity contribution in [3.05, 3.63) is 67.4 Å². The van der Waals surface area contributed by atoms with Gasteiger partial charge >= 0.3 is 0 Å². The van der Waals surface area contributed by atoms with Crippen molar-refractivity contribution in [1.82, 2.24) is 29.1 Å². The third-order valence-electron chi connectivity index (χ3n) is 4.39. The van der Waals surface area contributed by atoms with Gasteiger partial charge in [-0.05, 0) is 17.7 Å². The Labute approximate surface area is 143 Å². The molecule has 0 aliphatic carbocycles. The SMILES string of the molecule is Cn1cncc1-c1nnc2c3cc(-c4ccccc4)cnc3ccn12. The Morgan fingerprint density at radius 1 is 0.920 bits per heavy atom. The number of benzene rings is 1. The maximum Gasteiger partial charge on any atom is 0.186 e. The van der Waals surface area contributed by atoms with Crippen molar-refractivity contribution in [2.45, 2.75) is 0 Å². The number of pyridine rings is 2. The van der Waals surface area contributed by atoms with Crippen molar-refractivity contribution < 1.29 is 0 Å². The smallest absolute Gasteiger partial charge is 0.186 e. The number of hydrogen-bond donors (Lipinski definition) is 0. The highest BCUT2D eigenvalue weighted by Gasteiger charge is 2.14. The predicted molar refractivity (Wildman–Crippen MR) is 95.9 cm³/mol. The van der Waals surface area contributed by atoms with E-state index in [4.69, 9.17) is 0 Å². The van der Waals surface area contributed by atoms with Crippen LogP contribution in [0.2, 0.25) is 0 Å². The summed E-state index contributed by atoms with van der Waals surface area (Å²) in [4.78, 5) is 8.77. The molecule has 5 aromatic rings. The van der Waals surface area contributed by atoms with Gasteiger partial charge in [0.2, 0.25) is 0 Å². The average molecular weight is 326 g/mol. The molecule has 120 valence electrons. The van der Waals surface area contributed by atoms with Crippen LogP contribution < -0.4 is 0 Å². The Morgan fingerprint density at radius 3 is 2.60 bits per heavy atom. The molecular weight excluding hydrogens is 312 g/mol. The minimum atomic E-state index is 0.766. The molecule has 0 spiro atoms. The van der Waals surface area contributed by atoms with Crippen molar-refractivity contribution >= 4 is 16.6 Å². The molecular formula is C19H14N6. The fourth-order valence-corrected chi connectivity index (χ4v) is 3.08. The van der Waals surface area contributed by atoms with Crippen molar-refractivity contribution in [1.29, 1.82) is 0 Å². The molecule has 0 radical (unpaired) electrons. The van der Waals surface area contributed by atoms with E-state index in [1.807, 2.05) is 52.7 Å². The monoisotopic (exact) mass is 326 g/mol. The molecule has 4 aromatic heterocycles. The summed E-state index contributed by atoms with van der Waals surface area (Å²) in [6, 6.07) is 14.3. The first-order chi connectivity index (χ1) is 12.3. The van der Waals surface area contributed by atoms with Gasteiger partial charge in [0.1, 0.15) is 5.69 Å². The second-order valence-electron chi connectivity index (χ2n) is 5.95. The van der Waals surface area contributed by atoms with E-state index in [1.165, 1.54) is 0 Å². The number of aromatic nitrogens is 6. The number of imidazole rings is 1. The van der Waals surface area contributed by atoms with Crippen molar-refractivity contribution in [3.63, 3.8) is 0 Å². The summed E-state index contributed by atoms with van der Waals surface area (Å²) in [5.41, 5.74) is 4.80. The lowest BCUT2D eigenvalue weighted by atomic mass is 10.1. The Bertz CT molecular complexity index is 1200. The summed E-state index contributed by atoms with van der Waals surface area (Å²) in [5.74, 6) is 0.766. The molecule has 0 aliphatic heterocycles. The standard InChI is InChI=1S/C19H14N6/c1-24-12-20-11-17(24)19-23-22-18-15-9-14(13-5-3-2-4-6-13)10-21-16(15)7-8-25(18)19/h2-12H,1H3. The summed E-state index contributed by atoms with van der Waals surface area (Å²) in [6.07, 6.45) is 7.40. The lowest BCUT2D eigenvalue weighted by Crippen LogP contribution is -1.95. The number of hydrogen-bond acceptors (Lipinski definition) is 4. The van der Waals surface area contributed by atoms with Crippen molar-refractivity contribution in [3.8, 4) is 22.6 Å². The summed E-state index contributed by atoms with van der Waals surface area (Å²) in [6.45, 7) is 0. The molecule has 0 saturated heterocycles. The number of aryl methyl sites for hydroxylation is 1. The molecule has 0 aliphatic rings. The van der Waals surface area contributed by atoms with Crippen LogP contribution in [0.25, 0.3) is 39.2 Å². The van der Waals surface area contributed by atoms with E-state index >= 15 is 0 Å². The lowest BCUT2D eigenvalue weighted by molar-refractivity contribution is 0.904. The van der Waals surface area contributed by atoms with E-state index in [0.717, 1.165) is 39.2 Å². The molecule has 6 nitrogen and oxygen atoms in total. The van der Waals surface area contributed by atoms with Crippen molar-refractivity contribution in [2.75, 3.05) is 0 Å². The van der Waals surface area contributed by atoms with E-state index in [9.17, 15) is 0 Å². The average Bonchev–Trinajstić information content (AvgIpc) is 3.27. The highest BCUT2D eigenvalue weighted by molar-refractivity contribution is 5.94. The molecule has 6 heteroatoms. The Kier molecular flexibility index (Phi) is 2.90. The van der Waals surface area contributed by atoms with Gasteiger partial charge in [0.25, 0.3) is 0 Å². The molecule has 0 amide bonds. The molecule has 1 aromatic carbocycles. The largest absolute Gasteiger partial charge is 0.331 e. The van der Waals surface area contributed by atoms with E-state index in [0.29, 0.717) is 0 Å². The Hall–Kier alpha value is -3.54. The zero-order valence-corrected chi connectivity index (χ0v) is 13.5. The van der Waals surface area contributed by atoms with Gasteiger partial charge in [-0.1, -0.05) is 30.3 Å². The molecule has 0 bridgehead atoms. The summed E-state index contributed by atoms with van der Waals surface area (Å²) >= 11 is 0. The van der Waals surface area contributed by atoms with E-state index in [-0.39, 0.29) is 0 Å². The van der Waals surface area contributed by atoms with Gasteiger partial charge in [0, 0.05) is 30.4 Å². The molecule has 4 heterocycles. The number of nitrogens with zero attached hydrogens (tertiary/aromatic N) is 6. The summed E-state index contributed by atoms with van der Waals surface area (Å²) < 4.78 is 3.91. The Morgan fingerprint density at radius 2 is 1.80 bits per heavy atom. The van der Waals surface area contributed by atoms with Crippen LogP contribution in [-0.2, 0) is 7.05 Å². The highest BCUT2D eigenvalue weighted by atomic mass is 15.3. The molecule has 0 unspecified atom stereocenters. The van der Waals surface area contributed by atoms with Crippen LogP contribution in [0.15, 0.2) is 67.4 Å². The first kappa shape index (κ1) is 13.9. The quantitative estimate of drug-likeness (QED) is 0.499. The summed E-state index contributed by atoms with van der Waals surface area (Å²) in [7, 11) is 1.94. The van der Waals surface area contributed by atoms with E-state index in [2.05, 4.69) is 38.4 Å².